The normalized spacial score (nSPS) is 21.8. The van der Waals surface area contributed by atoms with Crippen molar-refractivity contribution >= 4 is 63.1 Å². The van der Waals surface area contributed by atoms with Crippen LogP contribution in [0.15, 0.2) is 53.9 Å². The van der Waals surface area contributed by atoms with Crippen molar-refractivity contribution in [3.05, 3.63) is 69.6 Å². The second-order valence-corrected chi connectivity index (χ2v) is 11.5. The third kappa shape index (κ3) is 5.86. The summed E-state index contributed by atoms with van der Waals surface area (Å²) in [6.45, 7) is 0. The Morgan fingerprint density at radius 3 is 2.62 bits per heavy atom. The molecular formula is C22H22ClFN4O3S3. The van der Waals surface area contributed by atoms with Crippen LogP contribution >= 0.6 is 22.9 Å². The van der Waals surface area contributed by atoms with Crippen molar-refractivity contribution in [1.29, 1.82) is 0 Å². The van der Waals surface area contributed by atoms with Gasteiger partial charge in [0.05, 0.1) is 28.1 Å². The maximum atomic E-state index is 13.4. The average Bonchev–Trinajstić information content (AvgIpc) is 3.28. The predicted octanol–water partition coefficient (Wildman–Crippen LogP) is 4.47. The Morgan fingerprint density at radius 2 is 1.94 bits per heavy atom. The SMILES string of the molecule is CN1C(C(=O)Nc2ccc(F)c(Cl)c2)CC(c2cc(-c3ccc(N[S+](C)[O-])cc3)cs2)N[S+]1[O-]. The van der Waals surface area contributed by atoms with Crippen LogP contribution in [-0.4, -0.2) is 38.7 Å². The van der Waals surface area contributed by atoms with Crippen LogP contribution in [0.4, 0.5) is 15.8 Å². The zero-order valence-corrected chi connectivity index (χ0v) is 21.4. The Balaban J connectivity index is 1.47. The van der Waals surface area contributed by atoms with Crippen molar-refractivity contribution < 1.29 is 18.3 Å². The van der Waals surface area contributed by atoms with Gasteiger partial charge in [-0.2, -0.15) is 0 Å². The van der Waals surface area contributed by atoms with E-state index in [-0.39, 0.29) is 17.0 Å². The standard InChI is InChI=1S/C22H22ClFN4O3S3/c1-28-20(22(29)25-16-7-8-18(24)17(23)10-16)11-19(27-34(28)31)21-9-14(12-32-21)13-3-5-15(6-4-13)26-33(2)30/h3-10,12,19-20,26-27H,11H2,1-2H3,(H,25,29). The summed E-state index contributed by atoms with van der Waals surface area (Å²) >= 11 is 4.62. The number of nitrogens with zero attached hydrogens (tertiary/aromatic N) is 1. The first-order chi connectivity index (χ1) is 16.2. The second kappa shape index (κ2) is 10.8. The van der Waals surface area contributed by atoms with Crippen molar-refractivity contribution in [2.45, 2.75) is 18.5 Å². The number of halogens is 2. The van der Waals surface area contributed by atoms with Gasteiger partial charge in [0, 0.05) is 24.0 Å². The Bertz CT molecular complexity index is 1160. The van der Waals surface area contributed by atoms with Gasteiger partial charge in [-0.05, 0) is 52.9 Å². The summed E-state index contributed by atoms with van der Waals surface area (Å²) in [6.07, 6.45) is 1.97. The first-order valence-corrected chi connectivity index (χ1v) is 14.1. The molecule has 34 heavy (non-hydrogen) atoms. The lowest BCUT2D eigenvalue weighted by atomic mass is 10.0. The smallest absolute Gasteiger partial charge is 0.246 e. The molecule has 1 amide bonds. The number of rotatable bonds is 6. The minimum Gasteiger partial charge on any atom is -0.593 e. The minimum atomic E-state index is -1.57. The van der Waals surface area contributed by atoms with Gasteiger partial charge in [0.2, 0.25) is 5.91 Å². The number of nitrogens with one attached hydrogen (secondary N) is 3. The molecule has 1 aromatic heterocycles. The highest BCUT2D eigenvalue weighted by molar-refractivity contribution is 7.92. The molecule has 4 rings (SSSR count). The van der Waals surface area contributed by atoms with E-state index in [1.165, 1.54) is 33.8 Å². The van der Waals surface area contributed by atoms with E-state index in [9.17, 15) is 18.3 Å². The molecule has 1 saturated heterocycles. The molecule has 7 nitrogen and oxygen atoms in total. The van der Waals surface area contributed by atoms with E-state index in [1.54, 1.807) is 13.3 Å². The number of thiophene rings is 1. The Kier molecular flexibility index (Phi) is 8.05. The fourth-order valence-electron chi connectivity index (χ4n) is 3.57. The van der Waals surface area contributed by atoms with Crippen LogP contribution in [0.5, 0.6) is 0 Å². The molecule has 0 spiro atoms. The Labute approximate surface area is 212 Å². The second-order valence-electron chi connectivity index (χ2n) is 7.71. The Morgan fingerprint density at radius 1 is 1.24 bits per heavy atom. The molecule has 0 aliphatic carbocycles. The van der Waals surface area contributed by atoms with E-state index >= 15 is 0 Å². The molecule has 4 atom stereocenters. The van der Waals surface area contributed by atoms with Gasteiger partial charge in [0.25, 0.3) is 0 Å². The van der Waals surface area contributed by atoms with Crippen LogP contribution < -0.4 is 14.8 Å². The number of carbonyl (C=O) groups is 1. The van der Waals surface area contributed by atoms with Gasteiger partial charge in [0.15, 0.2) is 0 Å². The summed E-state index contributed by atoms with van der Waals surface area (Å²) in [6, 6.07) is 12.6. The van der Waals surface area contributed by atoms with Gasteiger partial charge >= 0.3 is 0 Å². The number of carbonyl (C=O) groups excluding carboxylic acids is 1. The molecule has 1 aliphatic rings. The summed E-state index contributed by atoms with van der Waals surface area (Å²) in [5.74, 6) is -0.919. The zero-order valence-electron chi connectivity index (χ0n) is 18.2. The average molecular weight is 541 g/mol. The van der Waals surface area contributed by atoms with Crippen molar-refractivity contribution in [2.24, 2.45) is 0 Å². The molecule has 2 aromatic carbocycles. The van der Waals surface area contributed by atoms with Gasteiger partial charge in [-0.15, -0.1) is 16.1 Å². The molecule has 1 fully saturated rings. The third-order valence-electron chi connectivity index (χ3n) is 5.34. The van der Waals surface area contributed by atoms with Crippen LogP contribution in [0, 0.1) is 5.82 Å². The first-order valence-electron chi connectivity index (χ1n) is 10.2. The summed E-state index contributed by atoms with van der Waals surface area (Å²) in [4.78, 5) is 13.9. The fraction of sp³-hybridized carbons (Fsp3) is 0.227. The molecule has 1 aliphatic heterocycles. The van der Waals surface area contributed by atoms with Gasteiger partial charge in [-0.3, -0.25) is 4.79 Å². The number of likely N-dealkylation sites (N-methyl/N-ethyl adjacent to an activating group) is 1. The van der Waals surface area contributed by atoms with E-state index < -0.39 is 34.8 Å². The van der Waals surface area contributed by atoms with E-state index in [0.29, 0.717) is 12.1 Å². The number of amides is 1. The van der Waals surface area contributed by atoms with Crippen molar-refractivity contribution in [3.63, 3.8) is 0 Å². The molecule has 3 aromatic rings. The molecule has 4 unspecified atom stereocenters. The molecule has 0 bridgehead atoms. The van der Waals surface area contributed by atoms with Crippen molar-refractivity contribution in [2.75, 3.05) is 23.3 Å². The van der Waals surface area contributed by atoms with Crippen LogP contribution in [0.25, 0.3) is 11.1 Å². The van der Waals surface area contributed by atoms with Gasteiger partial charge in [-0.25, -0.2) is 9.11 Å². The van der Waals surface area contributed by atoms with Gasteiger partial charge in [-0.1, -0.05) is 28.0 Å². The minimum absolute atomic E-state index is 0.0872. The summed E-state index contributed by atoms with van der Waals surface area (Å²) < 4.78 is 44.8. The Hall–Kier alpha value is -1.83. The summed E-state index contributed by atoms with van der Waals surface area (Å²) in [5, 5.41) is 4.66. The lowest BCUT2D eigenvalue weighted by Gasteiger charge is -2.35. The maximum absolute atomic E-state index is 13.4. The largest absolute Gasteiger partial charge is 0.593 e. The lowest BCUT2D eigenvalue weighted by Crippen LogP contribution is -2.55. The number of hydrogen-bond donors (Lipinski definition) is 3. The molecule has 3 N–H and O–H groups in total. The molecule has 180 valence electrons. The number of anilines is 2. The van der Waals surface area contributed by atoms with Crippen LogP contribution in [0.2, 0.25) is 5.02 Å². The predicted molar refractivity (Wildman–Crippen MR) is 138 cm³/mol. The fourth-order valence-corrected chi connectivity index (χ4v) is 6.32. The molecule has 0 radical (unpaired) electrons. The van der Waals surface area contributed by atoms with Gasteiger partial charge < -0.3 is 14.4 Å². The molecular weight excluding hydrogens is 519 g/mol. The van der Waals surface area contributed by atoms with E-state index in [1.807, 2.05) is 35.7 Å². The number of hydrogen-bond acceptors (Lipinski definition) is 7. The molecule has 12 heteroatoms. The monoisotopic (exact) mass is 540 g/mol. The van der Waals surface area contributed by atoms with E-state index in [4.69, 9.17) is 11.6 Å². The molecule has 0 saturated carbocycles. The highest BCUT2D eigenvalue weighted by Gasteiger charge is 2.41. The third-order valence-corrected chi connectivity index (χ3v) is 8.46. The molecule has 2 heterocycles. The van der Waals surface area contributed by atoms with E-state index in [0.717, 1.165) is 21.7 Å². The summed E-state index contributed by atoms with van der Waals surface area (Å²) in [5.41, 5.74) is 3.13. The van der Waals surface area contributed by atoms with E-state index in [2.05, 4.69) is 14.8 Å². The van der Waals surface area contributed by atoms with Crippen LogP contribution in [0.1, 0.15) is 17.3 Å². The number of benzene rings is 2. The summed E-state index contributed by atoms with van der Waals surface area (Å²) in [7, 11) is 1.61. The van der Waals surface area contributed by atoms with Crippen molar-refractivity contribution in [1.82, 2.24) is 9.03 Å². The van der Waals surface area contributed by atoms with Crippen LogP contribution in [0.3, 0.4) is 0 Å². The van der Waals surface area contributed by atoms with Crippen LogP contribution in [-0.2, 0) is 27.7 Å². The first kappa shape index (κ1) is 25.3. The maximum Gasteiger partial charge on any atom is 0.246 e. The highest BCUT2D eigenvalue weighted by atomic mass is 35.5. The highest BCUT2D eigenvalue weighted by Crippen LogP contribution is 2.35. The topological polar surface area (TPSA) is 103 Å². The van der Waals surface area contributed by atoms with Crippen molar-refractivity contribution in [3.8, 4) is 11.1 Å². The quantitative estimate of drug-likeness (QED) is 0.399. The lowest BCUT2D eigenvalue weighted by molar-refractivity contribution is -0.120. The van der Waals surface area contributed by atoms with Gasteiger partial charge in [0.1, 0.15) is 29.7 Å². The zero-order chi connectivity index (χ0) is 24.4.